The van der Waals surface area contributed by atoms with Gasteiger partial charge in [-0.15, -0.1) is 0 Å². The Labute approximate surface area is 191 Å². The van der Waals surface area contributed by atoms with Gasteiger partial charge in [-0.3, -0.25) is 0 Å². The van der Waals surface area contributed by atoms with Crippen molar-refractivity contribution in [2.24, 2.45) is 11.8 Å². The summed E-state index contributed by atoms with van der Waals surface area (Å²) in [5.74, 6) is 3.55. The molecular formula is C31H44. The molecule has 2 saturated carbocycles. The van der Waals surface area contributed by atoms with E-state index in [1.54, 1.807) is 11.1 Å². The smallest absolute Gasteiger partial charge is 0.0162 e. The summed E-state index contributed by atoms with van der Waals surface area (Å²) in [4.78, 5) is 0. The SMILES string of the molecule is CCCCC[C@H]1CC[C@H](c2ccc(-c3ccc([C@H]4CC[C@H](CC)CC4)cc3)cc2)CC1. The summed E-state index contributed by atoms with van der Waals surface area (Å²) < 4.78 is 0. The summed E-state index contributed by atoms with van der Waals surface area (Å²) in [7, 11) is 0. The van der Waals surface area contributed by atoms with Crippen molar-refractivity contribution in [1.29, 1.82) is 0 Å². The van der Waals surface area contributed by atoms with Crippen molar-refractivity contribution in [1.82, 2.24) is 0 Å². The zero-order chi connectivity index (χ0) is 21.5. The predicted octanol–water partition coefficient (Wildman–Crippen LogP) is 9.89. The number of rotatable bonds is 8. The molecular weight excluding hydrogens is 372 g/mol. The van der Waals surface area contributed by atoms with Gasteiger partial charge in [-0.2, -0.15) is 0 Å². The fourth-order valence-electron chi connectivity index (χ4n) is 6.27. The Balaban J connectivity index is 1.30. The molecule has 2 aliphatic carbocycles. The Hall–Kier alpha value is -1.56. The Morgan fingerprint density at radius 2 is 1.00 bits per heavy atom. The van der Waals surface area contributed by atoms with Gasteiger partial charge in [-0.05, 0) is 97.3 Å². The van der Waals surface area contributed by atoms with Crippen LogP contribution in [0.4, 0.5) is 0 Å². The second-order valence-corrected chi connectivity index (χ2v) is 10.6. The molecule has 0 heteroatoms. The van der Waals surface area contributed by atoms with Crippen LogP contribution >= 0.6 is 0 Å². The van der Waals surface area contributed by atoms with Crippen molar-refractivity contribution < 1.29 is 0 Å². The quantitative estimate of drug-likeness (QED) is 0.375. The highest BCUT2D eigenvalue weighted by Gasteiger charge is 2.23. The van der Waals surface area contributed by atoms with E-state index in [-0.39, 0.29) is 0 Å². The topological polar surface area (TPSA) is 0 Å². The van der Waals surface area contributed by atoms with Gasteiger partial charge < -0.3 is 0 Å². The van der Waals surface area contributed by atoms with E-state index < -0.39 is 0 Å². The first-order chi connectivity index (χ1) is 15.3. The maximum Gasteiger partial charge on any atom is -0.0162 e. The minimum atomic E-state index is 0.788. The van der Waals surface area contributed by atoms with Crippen LogP contribution < -0.4 is 0 Å². The standard InChI is InChI=1S/C31H44/c1-3-5-6-7-25-10-14-27(15-11-25)29-18-22-31(23-19-29)30-20-16-28(17-21-30)26-12-8-24(4-2)9-13-26/h16-27H,3-15H2,1-2H3/t24-,25-,26-,27-. The van der Waals surface area contributed by atoms with Crippen molar-refractivity contribution >= 4 is 0 Å². The monoisotopic (exact) mass is 416 g/mol. The largest absolute Gasteiger partial charge is 0.0654 e. The molecule has 0 aromatic heterocycles. The highest BCUT2D eigenvalue weighted by Crippen LogP contribution is 2.39. The molecule has 0 spiro atoms. The molecule has 4 rings (SSSR count). The lowest BCUT2D eigenvalue weighted by atomic mass is 9.77. The minimum absolute atomic E-state index is 0.788. The second-order valence-electron chi connectivity index (χ2n) is 10.6. The number of hydrogen-bond donors (Lipinski definition) is 0. The van der Waals surface area contributed by atoms with E-state index in [1.165, 1.54) is 94.6 Å². The summed E-state index contributed by atoms with van der Waals surface area (Å²) in [6.07, 6.45) is 18.3. The molecule has 0 atom stereocenters. The minimum Gasteiger partial charge on any atom is -0.0654 e. The molecule has 0 saturated heterocycles. The summed E-state index contributed by atoms with van der Waals surface area (Å²) in [5.41, 5.74) is 5.88. The third-order valence-electron chi connectivity index (χ3n) is 8.58. The predicted molar refractivity (Wildman–Crippen MR) is 136 cm³/mol. The highest BCUT2D eigenvalue weighted by molar-refractivity contribution is 5.64. The van der Waals surface area contributed by atoms with Crippen LogP contribution in [0.25, 0.3) is 11.1 Å². The molecule has 2 aromatic carbocycles. The van der Waals surface area contributed by atoms with E-state index in [9.17, 15) is 0 Å². The molecule has 0 bridgehead atoms. The molecule has 0 heterocycles. The molecule has 2 fully saturated rings. The average Bonchev–Trinajstić information content (AvgIpc) is 2.85. The third kappa shape index (κ3) is 6.03. The van der Waals surface area contributed by atoms with Gasteiger partial charge in [-0.1, -0.05) is 94.5 Å². The van der Waals surface area contributed by atoms with Crippen molar-refractivity contribution in [3.63, 3.8) is 0 Å². The fraction of sp³-hybridized carbons (Fsp3) is 0.613. The van der Waals surface area contributed by atoms with Gasteiger partial charge in [0.25, 0.3) is 0 Å². The van der Waals surface area contributed by atoms with Crippen LogP contribution in [-0.4, -0.2) is 0 Å². The van der Waals surface area contributed by atoms with Gasteiger partial charge in [0.15, 0.2) is 0 Å². The highest BCUT2D eigenvalue weighted by atomic mass is 14.3. The maximum absolute atomic E-state index is 2.41. The Morgan fingerprint density at radius 3 is 1.42 bits per heavy atom. The van der Waals surface area contributed by atoms with E-state index in [1.807, 2.05) is 0 Å². The molecule has 0 nitrogen and oxygen atoms in total. The molecule has 0 unspecified atom stereocenters. The lowest BCUT2D eigenvalue weighted by Gasteiger charge is -2.29. The second kappa shape index (κ2) is 11.3. The third-order valence-corrected chi connectivity index (χ3v) is 8.58. The van der Waals surface area contributed by atoms with Crippen LogP contribution in [0, 0.1) is 11.8 Å². The van der Waals surface area contributed by atoms with Crippen molar-refractivity contribution in [3.8, 4) is 11.1 Å². The molecule has 0 aliphatic heterocycles. The van der Waals surface area contributed by atoms with Gasteiger partial charge in [-0.25, -0.2) is 0 Å². The summed E-state index contributed by atoms with van der Waals surface area (Å²) in [6.45, 7) is 4.66. The van der Waals surface area contributed by atoms with Gasteiger partial charge in [0.2, 0.25) is 0 Å². The number of hydrogen-bond acceptors (Lipinski definition) is 0. The molecule has 2 aliphatic rings. The lowest BCUT2D eigenvalue weighted by molar-refractivity contribution is 0.303. The summed E-state index contributed by atoms with van der Waals surface area (Å²) in [5, 5.41) is 0. The number of benzene rings is 2. The Morgan fingerprint density at radius 1 is 0.548 bits per heavy atom. The van der Waals surface area contributed by atoms with Crippen LogP contribution in [0.2, 0.25) is 0 Å². The molecule has 168 valence electrons. The Kier molecular flexibility index (Phi) is 8.28. The number of unbranched alkanes of at least 4 members (excludes halogenated alkanes) is 2. The van der Waals surface area contributed by atoms with Crippen molar-refractivity contribution in [2.75, 3.05) is 0 Å². The summed E-state index contributed by atoms with van der Waals surface area (Å²) >= 11 is 0. The average molecular weight is 417 g/mol. The zero-order valence-corrected chi connectivity index (χ0v) is 20.1. The molecule has 2 aromatic rings. The molecule has 31 heavy (non-hydrogen) atoms. The summed E-state index contributed by atoms with van der Waals surface area (Å²) in [6, 6.07) is 19.1. The normalized spacial score (nSPS) is 26.6. The van der Waals surface area contributed by atoms with Crippen molar-refractivity contribution in [2.45, 2.75) is 109 Å². The van der Waals surface area contributed by atoms with Crippen molar-refractivity contribution in [3.05, 3.63) is 59.7 Å². The van der Waals surface area contributed by atoms with Gasteiger partial charge >= 0.3 is 0 Å². The van der Waals surface area contributed by atoms with Gasteiger partial charge in [0.1, 0.15) is 0 Å². The van der Waals surface area contributed by atoms with Crippen LogP contribution in [0.5, 0.6) is 0 Å². The first-order valence-corrected chi connectivity index (χ1v) is 13.5. The van der Waals surface area contributed by atoms with Crippen LogP contribution in [0.15, 0.2) is 48.5 Å². The van der Waals surface area contributed by atoms with Crippen LogP contribution in [0.3, 0.4) is 0 Å². The van der Waals surface area contributed by atoms with E-state index in [0.29, 0.717) is 0 Å². The fourth-order valence-corrected chi connectivity index (χ4v) is 6.27. The maximum atomic E-state index is 2.41. The Bertz CT molecular complexity index is 753. The molecule has 0 amide bonds. The van der Waals surface area contributed by atoms with Crippen LogP contribution in [-0.2, 0) is 0 Å². The first kappa shape index (κ1) is 22.6. The van der Waals surface area contributed by atoms with Gasteiger partial charge in [0, 0.05) is 0 Å². The zero-order valence-electron chi connectivity index (χ0n) is 20.1. The van der Waals surface area contributed by atoms with E-state index in [0.717, 1.165) is 23.7 Å². The molecule has 0 N–H and O–H groups in total. The van der Waals surface area contributed by atoms with E-state index >= 15 is 0 Å². The molecule has 0 radical (unpaired) electrons. The van der Waals surface area contributed by atoms with E-state index in [2.05, 4.69) is 62.4 Å². The first-order valence-electron chi connectivity index (χ1n) is 13.5. The van der Waals surface area contributed by atoms with E-state index in [4.69, 9.17) is 0 Å². The van der Waals surface area contributed by atoms with Crippen LogP contribution in [0.1, 0.15) is 120 Å². The lowest BCUT2D eigenvalue weighted by Crippen LogP contribution is -2.13. The van der Waals surface area contributed by atoms with Gasteiger partial charge in [0.05, 0.1) is 0 Å².